The van der Waals surface area contributed by atoms with Crippen LogP contribution >= 0.6 is 0 Å². The van der Waals surface area contributed by atoms with Gasteiger partial charge in [-0.15, -0.1) is 0 Å². The van der Waals surface area contributed by atoms with Crippen LogP contribution in [0.5, 0.6) is 0 Å². The fraction of sp³-hybridized carbons (Fsp3) is 0.438. The Labute approximate surface area is 114 Å². The van der Waals surface area contributed by atoms with Gasteiger partial charge in [-0.2, -0.15) is 0 Å². The normalized spacial score (nSPS) is 29.7. The molecule has 0 radical (unpaired) electrons. The molecule has 1 heterocycles. The summed E-state index contributed by atoms with van der Waals surface area (Å²) in [6.07, 6.45) is 13.5. The molecule has 1 N–H and O–H groups in total. The zero-order chi connectivity index (χ0) is 13.4. The molecule has 3 nitrogen and oxygen atoms in total. The molecule has 0 aromatic rings. The first-order chi connectivity index (χ1) is 9.16. The molecule has 1 amide bonds. The molecule has 3 rings (SSSR count). The Balaban J connectivity index is 1.75. The highest BCUT2D eigenvalue weighted by Crippen LogP contribution is 2.30. The summed E-state index contributed by atoms with van der Waals surface area (Å²) in [4.78, 5) is 12.4. The highest BCUT2D eigenvalue weighted by atomic mass is 16.2. The molecule has 0 saturated carbocycles. The molecule has 2 atom stereocenters. The molecule has 3 heteroatoms. The van der Waals surface area contributed by atoms with E-state index in [2.05, 4.69) is 24.3 Å². The van der Waals surface area contributed by atoms with Gasteiger partial charge in [0.1, 0.15) is 0 Å². The lowest BCUT2D eigenvalue weighted by Gasteiger charge is -2.38. The molecular weight excluding hydrogens is 236 g/mol. The van der Waals surface area contributed by atoms with Crippen molar-refractivity contribution in [1.29, 1.82) is 0 Å². The van der Waals surface area contributed by atoms with Gasteiger partial charge in [-0.1, -0.05) is 30.7 Å². The van der Waals surface area contributed by atoms with E-state index in [-0.39, 0.29) is 5.91 Å². The number of carbonyl (C=O) groups is 1. The number of rotatable bonds is 2. The van der Waals surface area contributed by atoms with Crippen molar-refractivity contribution in [2.24, 2.45) is 0 Å². The van der Waals surface area contributed by atoms with E-state index in [0.29, 0.717) is 12.1 Å². The van der Waals surface area contributed by atoms with Gasteiger partial charge in [0, 0.05) is 17.7 Å². The number of hydrogen-bond donors (Lipinski definition) is 1. The van der Waals surface area contributed by atoms with E-state index in [4.69, 9.17) is 0 Å². The topological polar surface area (TPSA) is 32.3 Å². The first kappa shape index (κ1) is 12.4. The van der Waals surface area contributed by atoms with Crippen molar-refractivity contribution in [3.8, 4) is 0 Å². The van der Waals surface area contributed by atoms with Crippen molar-refractivity contribution in [1.82, 2.24) is 10.4 Å². The van der Waals surface area contributed by atoms with Gasteiger partial charge in [0.05, 0.1) is 0 Å². The Bertz CT molecular complexity index is 515. The van der Waals surface area contributed by atoms with E-state index in [9.17, 15) is 4.79 Å². The van der Waals surface area contributed by atoms with Crippen LogP contribution in [0.15, 0.2) is 47.1 Å². The van der Waals surface area contributed by atoms with Crippen molar-refractivity contribution in [2.45, 2.75) is 45.2 Å². The number of amides is 1. The van der Waals surface area contributed by atoms with Crippen LogP contribution in [0.25, 0.3) is 0 Å². The summed E-state index contributed by atoms with van der Waals surface area (Å²) >= 11 is 0. The quantitative estimate of drug-likeness (QED) is 0.823. The maximum absolute atomic E-state index is 12.4. The van der Waals surface area contributed by atoms with Crippen LogP contribution in [0.3, 0.4) is 0 Å². The molecule has 19 heavy (non-hydrogen) atoms. The largest absolute Gasteiger partial charge is 0.284 e. The zero-order valence-electron chi connectivity index (χ0n) is 11.5. The van der Waals surface area contributed by atoms with Crippen molar-refractivity contribution >= 4 is 5.91 Å². The van der Waals surface area contributed by atoms with Crippen LogP contribution in [0.2, 0.25) is 0 Å². The van der Waals surface area contributed by atoms with E-state index in [0.717, 1.165) is 29.6 Å². The Hall–Kier alpha value is -1.61. The number of nitrogens with one attached hydrogen (secondary N) is 1. The molecule has 0 bridgehead atoms. The van der Waals surface area contributed by atoms with Crippen molar-refractivity contribution < 1.29 is 4.79 Å². The third-order valence-electron chi connectivity index (χ3n) is 4.24. The monoisotopic (exact) mass is 256 g/mol. The van der Waals surface area contributed by atoms with Gasteiger partial charge in [-0.3, -0.25) is 10.2 Å². The maximum atomic E-state index is 12.4. The van der Waals surface area contributed by atoms with Gasteiger partial charge in [0.2, 0.25) is 0 Å². The van der Waals surface area contributed by atoms with Gasteiger partial charge in [-0.25, -0.2) is 5.01 Å². The highest BCUT2D eigenvalue weighted by Gasteiger charge is 2.28. The van der Waals surface area contributed by atoms with Crippen molar-refractivity contribution in [3.05, 3.63) is 47.1 Å². The van der Waals surface area contributed by atoms with Crippen LogP contribution in [-0.2, 0) is 4.79 Å². The highest BCUT2D eigenvalue weighted by molar-refractivity contribution is 6.00. The fourth-order valence-corrected chi connectivity index (χ4v) is 3.10. The lowest BCUT2D eigenvalue weighted by atomic mass is 10.00. The van der Waals surface area contributed by atoms with E-state index in [1.165, 1.54) is 6.42 Å². The summed E-state index contributed by atoms with van der Waals surface area (Å²) in [6.45, 7) is 4.36. The number of carbonyl (C=O) groups excluding carboxylic acids is 1. The maximum Gasteiger partial charge on any atom is 0.266 e. The number of fused-ring (bicyclic) bond motifs is 1. The van der Waals surface area contributed by atoms with Crippen LogP contribution < -0.4 is 5.43 Å². The second kappa shape index (κ2) is 4.82. The molecule has 1 fully saturated rings. The lowest BCUT2D eigenvalue weighted by molar-refractivity contribution is -0.125. The molecule has 3 aliphatic rings. The molecule has 2 aliphatic carbocycles. The third-order valence-corrected chi connectivity index (χ3v) is 4.24. The van der Waals surface area contributed by atoms with Gasteiger partial charge in [0.15, 0.2) is 0 Å². The molecule has 1 aliphatic heterocycles. The van der Waals surface area contributed by atoms with E-state index >= 15 is 0 Å². The van der Waals surface area contributed by atoms with Crippen LogP contribution in [0, 0.1) is 0 Å². The van der Waals surface area contributed by atoms with Crippen LogP contribution in [0.1, 0.15) is 33.1 Å². The zero-order valence-corrected chi connectivity index (χ0v) is 11.5. The lowest BCUT2D eigenvalue weighted by Crippen LogP contribution is -2.54. The number of allylic oxidation sites excluding steroid dienone is 6. The van der Waals surface area contributed by atoms with Crippen LogP contribution in [0.4, 0.5) is 0 Å². The van der Waals surface area contributed by atoms with Gasteiger partial charge >= 0.3 is 0 Å². The van der Waals surface area contributed by atoms with E-state index in [1.807, 2.05) is 30.4 Å². The molecule has 2 unspecified atom stereocenters. The van der Waals surface area contributed by atoms with Gasteiger partial charge in [-0.05, 0) is 43.9 Å². The Morgan fingerprint density at radius 1 is 1.21 bits per heavy atom. The smallest absolute Gasteiger partial charge is 0.266 e. The summed E-state index contributed by atoms with van der Waals surface area (Å²) in [5.41, 5.74) is 6.07. The third kappa shape index (κ3) is 2.19. The molecular formula is C16H20N2O. The number of nitrogens with zero attached hydrogens (tertiary/aromatic N) is 1. The Kier molecular flexibility index (Phi) is 3.15. The van der Waals surface area contributed by atoms with Crippen molar-refractivity contribution in [2.75, 3.05) is 0 Å². The molecule has 1 saturated heterocycles. The standard InChI is InChI=1S/C16H20N2O/c1-11-5-3-6-12(2)18(11)17-16(19)15-10-9-13-7-4-8-14(13)15/h4,7-12H,3,5-6H2,1-2H3,(H,17,19). The number of hydrogen-bond acceptors (Lipinski definition) is 2. The molecule has 0 aromatic carbocycles. The van der Waals surface area contributed by atoms with Crippen molar-refractivity contribution in [3.63, 3.8) is 0 Å². The summed E-state index contributed by atoms with van der Waals surface area (Å²) in [7, 11) is 0. The fourth-order valence-electron chi connectivity index (χ4n) is 3.10. The minimum Gasteiger partial charge on any atom is -0.284 e. The first-order valence-corrected chi connectivity index (χ1v) is 7.07. The number of piperidine rings is 1. The molecule has 0 aromatic heterocycles. The minimum atomic E-state index is 0.0156. The summed E-state index contributed by atoms with van der Waals surface area (Å²) in [6, 6.07) is 0.829. The SMILES string of the molecule is CC1CCCC(C)N1NC(=O)C1=C2C=CC=C2C=C1. The second-order valence-corrected chi connectivity index (χ2v) is 5.62. The summed E-state index contributed by atoms with van der Waals surface area (Å²) in [5.74, 6) is 0.0156. The first-order valence-electron chi connectivity index (χ1n) is 7.07. The van der Waals surface area contributed by atoms with Crippen LogP contribution in [-0.4, -0.2) is 23.0 Å². The predicted octanol–water partition coefficient (Wildman–Crippen LogP) is 2.64. The minimum absolute atomic E-state index is 0.0156. The number of hydrazine groups is 1. The molecule has 0 spiro atoms. The predicted molar refractivity (Wildman–Crippen MR) is 76.1 cm³/mol. The average molecular weight is 256 g/mol. The Morgan fingerprint density at radius 2 is 1.95 bits per heavy atom. The van der Waals surface area contributed by atoms with Gasteiger partial charge in [0.25, 0.3) is 5.91 Å². The van der Waals surface area contributed by atoms with E-state index in [1.54, 1.807) is 0 Å². The molecule has 100 valence electrons. The summed E-state index contributed by atoms with van der Waals surface area (Å²) < 4.78 is 0. The second-order valence-electron chi connectivity index (χ2n) is 5.62. The van der Waals surface area contributed by atoms with E-state index < -0.39 is 0 Å². The Morgan fingerprint density at radius 3 is 2.68 bits per heavy atom. The van der Waals surface area contributed by atoms with Gasteiger partial charge < -0.3 is 0 Å². The average Bonchev–Trinajstić information content (AvgIpc) is 2.95. The summed E-state index contributed by atoms with van der Waals surface area (Å²) in [5, 5.41) is 2.12.